The summed E-state index contributed by atoms with van der Waals surface area (Å²) in [6.07, 6.45) is 10.1. The predicted octanol–water partition coefficient (Wildman–Crippen LogP) is 0.447. The molecule has 2 atom stereocenters. The first-order valence-electron chi connectivity index (χ1n) is 8.13. The molecule has 23 heavy (non-hydrogen) atoms. The number of imidazole rings is 1. The maximum absolute atomic E-state index is 12.5. The zero-order valence-corrected chi connectivity index (χ0v) is 13.3. The third kappa shape index (κ3) is 2.88. The maximum Gasteiger partial charge on any atom is 0.244 e. The lowest BCUT2D eigenvalue weighted by Gasteiger charge is -2.15. The van der Waals surface area contributed by atoms with Gasteiger partial charge in [-0.15, -0.1) is 0 Å². The Bertz CT molecular complexity index is 716. The average Bonchev–Trinajstić information content (AvgIpc) is 2.92. The highest BCUT2D eigenvalue weighted by molar-refractivity contribution is 5.76. The number of rotatable bonds is 4. The summed E-state index contributed by atoms with van der Waals surface area (Å²) >= 11 is 0. The van der Waals surface area contributed by atoms with Crippen molar-refractivity contribution in [2.24, 2.45) is 12.8 Å². The van der Waals surface area contributed by atoms with Gasteiger partial charge in [-0.3, -0.25) is 9.48 Å². The molecule has 2 aliphatic rings. The number of nitrogens with zero attached hydrogens (tertiary/aromatic N) is 5. The number of aromatic nitrogens is 4. The summed E-state index contributed by atoms with van der Waals surface area (Å²) in [5.74, 6) is 0.844. The number of carbonyl (C=O) groups excluding carboxylic acids is 1. The van der Waals surface area contributed by atoms with E-state index in [0.29, 0.717) is 19.0 Å². The van der Waals surface area contributed by atoms with Crippen LogP contribution in [0.15, 0.2) is 24.9 Å². The molecule has 122 valence electrons. The molecule has 2 fully saturated rings. The van der Waals surface area contributed by atoms with E-state index in [1.807, 2.05) is 35.1 Å². The lowest BCUT2D eigenvalue weighted by atomic mass is 10.0. The van der Waals surface area contributed by atoms with Crippen molar-refractivity contribution in [1.29, 1.82) is 0 Å². The first-order chi connectivity index (χ1) is 11.1. The van der Waals surface area contributed by atoms with Crippen LogP contribution in [0.4, 0.5) is 0 Å². The zero-order valence-electron chi connectivity index (χ0n) is 13.3. The smallest absolute Gasteiger partial charge is 0.244 e. The highest BCUT2D eigenvalue weighted by atomic mass is 16.2. The molecular weight excluding hydrogens is 292 g/mol. The molecule has 1 amide bonds. The van der Waals surface area contributed by atoms with Crippen LogP contribution in [0.5, 0.6) is 0 Å². The van der Waals surface area contributed by atoms with Gasteiger partial charge in [-0.25, -0.2) is 4.98 Å². The van der Waals surface area contributed by atoms with Gasteiger partial charge in [0, 0.05) is 44.5 Å². The Hall–Kier alpha value is -2.15. The molecule has 7 nitrogen and oxygen atoms in total. The Morgan fingerprint density at radius 1 is 1.35 bits per heavy atom. The predicted molar refractivity (Wildman–Crippen MR) is 84.7 cm³/mol. The Balaban J connectivity index is 1.40. The monoisotopic (exact) mass is 314 g/mol. The zero-order chi connectivity index (χ0) is 16.0. The van der Waals surface area contributed by atoms with Gasteiger partial charge in [-0.05, 0) is 24.3 Å². The van der Waals surface area contributed by atoms with Crippen LogP contribution in [0.3, 0.4) is 0 Å². The van der Waals surface area contributed by atoms with Gasteiger partial charge in [0.1, 0.15) is 6.54 Å². The second-order valence-corrected chi connectivity index (χ2v) is 6.78. The van der Waals surface area contributed by atoms with Crippen LogP contribution >= 0.6 is 0 Å². The maximum atomic E-state index is 12.5. The van der Waals surface area contributed by atoms with Gasteiger partial charge in [0.05, 0.1) is 18.2 Å². The van der Waals surface area contributed by atoms with Gasteiger partial charge in [0.2, 0.25) is 5.91 Å². The first kappa shape index (κ1) is 14.4. The molecule has 2 aromatic heterocycles. The van der Waals surface area contributed by atoms with Crippen LogP contribution in [0.25, 0.3) is 0 Å². The summed E-state index contributed by atoms with van der Waals surface area (Å²) in [6, 6.07) is -0.0616. The van der Waals surface area contributed by atoms with E-state index in [2.05, 4.69) is 10.1 Å². The summed E-state index contributed by atoms with van der Waals surface area (Å²) in [5, 5.41) is 4.31. The minimum Gasteiger partial charge on any atom is -0.340 e. The van der Waals surface area contributed by atoms with Crippen molar-refractivity contribution in [2.75, 3.05) is 13.1 Å². The van der Waals surface area contributed by atoms with Crippen molar-refractivity contribution in [3.63, 3.8) is 0 Å². The van der Waals surface area contributed by atoms with Gasteiger partial charge in [-0.2, -0.15) is 5.10 Å². The number of nitrogens with two attached hydrogens (primary N) is 1. The highest BCUT2D eigenvalue weighted by Gasteiger charge is 2.35. The third-order valence-corrected chi connectivity index (χ3v) is 4.82. The molecule has 0 radical (unpaired) electrons. The SMILES string of the molecule is Cn1cnc([C@@H]2CN(C(=O)Cn3cc(C4CC4)cn3)C[C@H]2N)c1. The number of carbonyl (C=O) groups is 1. The van der Waals surface area contributed by atoms with Crippen LogP contribution in [-0.4, -0.2) is 49.3 Å². The van der Waals surface area contributed by atoms with Crippen LogP contribution < -0.4 is 5.73 Å². The lowest BCUT2D eigenvalue weighted by molar-refractivity contribution is -0.131. The first-order valence-corrected chi connectivity index (χ1v) is 8.13. The number of hydrogen-bond donors (Lipinski definition) is 1. The van der Waals surface area contributed by atoms with Crippen LogP contribution in [0.1, 0.15) is 35.9 Å². The van der Waals surface area contributed by atoms with Crippen molar-refractivity contribution in [3.8, 4) is 0 Å². The highest BCUT2D eigenvalue weighted by Crippen LogP contribution is 2.39. The van der Waals surface area contributed by atoms with Crippen LogP contribution in [0, 0.1) is 0 Å². The molecule has 0 spiro atoms. The number of aryl methyl sites for hydroxylation is 1. The molecular formula is C16H22N6O. The van der Waals surface area contributed by atoms with E-state index in [1.54, 1.807) is 11.0 Å². The topological polar surface area (TPSA) is 82.0 Å². The minimum absolute atomic E-state index is 0.0616. The molecule has 1 saturated carbocycles. The molecule has 2 N–H and O–H groups in total. The summed E-state index contributed by atoms with van der Waals surface area (Å²) < 4.78 is 3.66. The molecule has 2 aromatic rings. The molecule has 1 aliphatic carbocycles. The molecule has 1 saturated heterocycles. The molecule has 7 heteroatoms. The molecule has 0 aromatic carbocycles. The number of hydrogen-bond acceptors (Lipinski definition) is 4. The average molecular weight is 314 g/mol. The second kappa shape index (κ2) is 5.49. The molecule has 4 rings (SSSR count). The fourth-order valence-electron chi connectivity index (χ4n) is 3.30. The lowest BCUT2D eigenvalue weighted by Crippen LogP contribution is -2.34. The summed E-state index contributed by atoms with van der Waals surface area (Å²) in [4.78, 5) is 18.7. The largest absolute Gasteiger partial charge is 0.340 e. The van der Waals surface area contributed by atoms with Crippen molar-refractivity contribution in [2.45, 2.75) is 37.3 Å². The van der Waals surface area contributed by atoms with Gasteiger partial charge in [0.25, 0.3) is 0 Å². The van der Waals surface area contributed by atoms with Crippen LogP contribution in [0.2, 0.25) is 0 Å². The minimum atomic E-state index is -0.0616. The van der Waals surface area contributed by atoms with Crippen LogP contribution in [-0.2, 0) is 18.4 Å². The molecule has 1 aliphatic heterocycles. The van der Waals surface area contributed by atoms with E-state index in [4.69, 9.17) is 5.73 Å². The van der Waals surface area contributed by atoms with Crippen molar-refractivity contribution in [1.82, 2.24) is 24.2 Å². The second-order valence-electron chi connectivity index (χ2n) is 6.78. The Morgan fingerprint density at radius 3 is 2.87 bits per heavy atom. The summed E-state index contributed by atoms with van der Waals surface area (Å²) in [5.41, 5.74) is 8.44. The standard InChI is InChI=1S/C16H22N6O/c1-20-8-15(18-10-20)13-6-21(7-14(13)17)16(23)9-22-5-12(4-19-22)11-2-3-11/h4-5,8,10-11,13-14H,2-3,6-7,9,17H2,1H3/t13-,14-/m1/s1. The van der Waals surface area contributed by atoms with Gasteiger partial charge >= 0.3 is 0 Å². The van der Waals surface area contributed by atoms with E-state index in [9.17, 15) is 4.79 Å². The third-order valence-electron chi connectivity index (χ3n) is 4.82. The van der Waals surface area contributed by atoms with E-state index < -0.39 is 0 Å². The normalized spacial score (nSPS) is 24.3. The molecule has 0 bridgehead atoms. The number of likely N-dealkylation sites (tertiary alicyclic amines) is 1. The number of amides is 1. The van der Waals surface area contributed by atoms with Gasteiger partial charge in [0.15, 0.2) is 0 Å². The Morgan fingerprint density at radius 2 is 2.17 bits per heavy atom. The fourth-order valence-corrected chi connectivity index (χ4v) is 3.30. The van der Waals surface area contributed by atoms with E-state index >= 15 is 0 Å². The van der Waals surface area contributed by atoms with Gasteiger partial charge in [-0.1, -0.05) is 0 Å². The van der Waals surface area contributed by atoms with E-state index in [-0.39, 0.29) is 24.4 Å². The fraction of sp³-hybridized carbons (Fsp3) is 0.562. The summed E-state index contributed by atoms with van der Waals surface area (Å²) in [6.45, 7) is 1.50. The van der Waals surface area contributed by atoms with Crippen molar-refractivity contribution < 1.29 is 4.79 Å². The molecule has 0 unspecified atom stereocenters. The van der Waals surface area contributed by atoms with E-state index in [1.165, 1.54) is 18.4 Å². The summed E-state index contributed by atoms with van der Waals surface area (Å²) in [7, 11) is 1.94. The van der Waals surface area contributed by atoms with E-state index in [0.717, 1.165) is 5.69 Å². The molecule has 3 heterocycles. The van der Waals surface area contributed by atoms with Crippen molar-refractivity contribution in [3.05, 3.63) is 36.2 Å². The van der Waals surface area contributed by atoms with Gasteiger partial charge < -0.3 is 15.2 Å². The Labute approximate surface area is 135 Å². The quantitative estimate of drug-likeness (QED) is 0.888. The van der Waals surface area contributed by atoms with Crippen molar-refractivity contribution >= 4 is 5.91 Å². The Kier molecular flexibility index (Phi) is 3.45.